The largest absolute Gasteiger partial charge is 0.472 e. The Balaban J connectivity index is 1.77. The van der Waals surface area contributed by atoms with E-state index in [1.54, 1.807) is 6.92 Å². The van der Waals surface area contributed by atoms with Crippen LogP contribution in [0.25, 0.3) is 17.0 Å². The molecule has 1 heterocycles. The Morgan fingerprint density at radius 3 is 2.67 bits per heavy atom. The highest BCUT2D eigenvalue weighted by Gasteiger charge is 2.16. The minimum Gasteiger partial charge on any atom is -0.472 e. The van der Waals surface area contributed by atoms with Gasteiger partial charge in [0.1, 0.15) is 6.61 Å². The van der Waals surface area contributed by atoms with Crippen molar-refractivity contribution in [3.05, 3.63) is 66.2 Å². The van der Waals surface area contributed by atoms with Gasteiger partial charge in [-0.3, -0.25) is 0 Å². The summed E-state index contributed by atoms with van der Waals surface area (Å²) in [5.41, 5.74) is 1.76. The van der Waals surface area contributed by atoms with Crippen LogP contribution in [0.3, 0.4) is 0 Å². The summed E-state index contributed by atoms with van der Waals surface area (Å²) < 4.78 is 12.0. The van der Waals surface area contributed by atoms with E-state index in [9.17, 15) is 4.79 Å². The van der Waals surface area contributed by atoms with Crippen LogP contribution >= 0.6 is 0 Å². The number of para-hydroxylation sites is 1. The fraction of sp³-hybridized carbons (Fsp3) is 0.158. The lowest BCUT2D eigenvalue weighted by Gasteiger charge is -2.01. The second-order valence-electron chi connectivity index (χ2n) is 5.06. The van der Waals surface area contributed by atoms with Crippen molar-refractivity contribution in [2.75, 3.05) is 13.2 Å². The van der Waals surface area contributed by atoms with E-state index in [1.807, 2.05) is 66.7 Å². The number of carbonyl (C=O) groups is 1. The molecule has 3 rings (SSSR count). The molecule has 0 amide bonds. The number of ether oxygens (including phenoxy) is 2. The molecule has 0 bridgehead atoms. The molecule has 0 spiro atoms. The van der Waals surface area contributed by atoms with Crippen molar-refractivity contribution in [2.24, 2.45) is 0 Å². The van der Waals surface area contributed by atoms with Gasteiger partial charge in [0.05, 0.1) is 17.5 Å². The first kappa shape index (κ1) is 15.8. The highest BCUT2D eigenvalue weighted by Crippen LogP contribution is 2.24. The summed E-state index contributed by atoms with van der Waals surface area (Å²) in [5, 5.41) is 5.01. The smallest absolute Gasteiger partial charge is 0.435 e. The third kappa shape index (κ3) is 3.46. The van der Waals surface area contributed by atoms with Gasteiger partial charge >= 0.3 is 6.09 Å². The van der Waals surface area contributed by atoms with E-state index in [4.69, 9.17) is 9.47 Å². The van der Waals surface area contributed by atoms with Crippen molar-refractivity contribution < 1.29 is 14.3 Å². The maximum Gasteiger partial charge on any atom is 0.435 e. The summed E-state index contributed by atoms with van der Waals surface area (Å²) in [6.07, 6.45) is 3.38. The topological polar surface area (TPSA) is 53.4 Å². The van der Waals surface area contributed by atoms with Crippen LogP contribution in [-0.4, -0.2) is 29.1 Å². The molecule has 0 saturated carbocycles. The van der Waals surface area contributed by atoms with E-state index < -0.39 is 6.09 Å². The Bertz CT molecular complexity index is 853. The van der Waals surface area contributed by atoms with Crippen LogP contribution in [0.15, 0.2) is 60.7 Å². The van der Waals surface area contributed by atoms with Crippen LogP contribution in [0.4, 0.5) is 4.79 Å². The molecule has 0 unspecified atom stereocenters. The minimum atomic E-state index is -0.511. The van der Waals surface area contributed by atoms with Crippen LogP contribution in [0.5, 0.6) is 5.88 Å². The first-order chi connectivity index (χ1) is 11.8. The first-order valence-electron chi connectivity index (χ1n) is 7.79. The van der Waals surface area contributed by atoms with Crippen molar-refractivity contribution >= 4 is 23.1 Å². The molecular formula is C19H18N2O3. The molecule has 5 heteroatoms. The van der Waals surface area contributed by atoms with Crippen molar-refractivity contribution in [3.63, 3.8) is 0 Å². The van der Waals surface area contributed by atoms with Gasteiger partial charge in [-0.1, -0.05) is 48.5 Å². The summed E-state index contributed by atoms with van der Waals surface area (Å²) in [6.45, 7) is 2.41. The maximum absolute atomic E-state index is 12.0. The molecule has 24 heavy (non-hydrogen) atoms. The van der Waals surface area contributed by atoms with Gasteiger partial charge in [0.25, 0.3) is 0 Å². The predicted octanol–water partition coefficient (Wildman–Crippen LogP) is 4.13. The van der Waals surface area contributed by atoms with Gasteiger partial charge in [-0.2, -0.15) is 4.68 Å². The highest BCUT2D eigenvalue weighted by molar-refractivity contribution is 5.91. The lowest BCUT2D eigenvalue weighted by Crippen LogP contribution is -2.14. The molecule has 0 N–H and O–H groups in total. The van der Waals surface area contributed by atoms with Gasteiger partial charge in [0, 0.05) is 0 Å². The molecule has 5 nitrogen and oxygen atoms in total. The molecule has 2 aromatic carbocycles. The Morgan fingerprint density at radius 2 is 1.88 bits per heavy atom. The summed E-state index contributed by atoms with van der Waals surface area (Å²) >= 11 is 0. The second-order valence-corrected chi connectivity index (χ2v) is 5.06. The van der Waals surface area contributed by atoms with Crippen molar-refractivity contribution in [3.8, 4) is 5.88 Å². The molecule has 0 aliphatic rings. The van der Waals surface area contributed by atoms with Gasteiger partial charge in [-0.05, 0) is 30.7 Å². The minimum absolute atomic E-state index is 0.295. The average molecular weight is 322 g/mol. The standard InChI is InChI=1S/C19H18N2O3/c1-2-23-19(22)21-17-13-7-6-12-16(17)18(20-21)24-14-8-11-15-9-4-3-5-10-15/h3-13H,2,14H2,1H3. The number of aromatic nitrogens is 2. The van der Waals surface area contributed by atoms with Crippen molar-refractivity contribution in [2.45, 2.75) is 6.92 Å². The molecule has 0 atom stereocenters. The summed E-state index contributed by atoms with van der Waals surface area (Å²) in [5.74, 6) is 0.413. The van der Waals surface area contributed by atoms with E-state index in [0.717, 1.165) is 10.9 Å². The van der Waals surface area contributed by atoms with Gasteiger partial charge in [0.2, 0.25) is 5.88 Å². The Labute approximate surface area is 140 Å². The molecule has 3 aromatic rings. The quantitative estimate of drug-likeness (QED) is 0.708. The van der Waals surface area contributed by atoms with Crippen LogP contribution in [0.2, 0.25) is 0 Å². The van der Waals surface area contributed by atoms with Crippen LogP contribution in [0.1, 0.15) is 12.5 Å². The lowest BCUT2D eigenvalue weighted by molar-refractivity contribution is 0.151. The van der Waals surface area contributed by atoms with E-state index in [2.05, 4.69) is 5.10 Å². The van der Waals surface area contributed by atoms with Crippen molar-refractivity contribution in [1.82, 2.24) is 9.78 Å². The van der Waals surface area contributed by atoms with E-state index in [0.29, 0.717) is 24.6 Å². The second kappa shape index (κ2) is 7.46. The Morgan fingerprint density at radius 1 is 1.12 bits per heavy atom. The number of fused-ring (bicyclic) bond motifs is 1. The van der Waals surface area contributed by atoms with Crippen LogP contribution in [0, 0.1) is 0 Å². The Hall–Kier alpha value is -3.08. The van der Waals surface area contributed by atoms with Gasteiger partial charge in [-0.25, -0.2) is 4.79 Å². The van der Waals surface area contributed by atoms with E-state index >= 15 is 0 Å². The monoisotopic (exact) mass is 322 g/mol. The van der Waals surface area contributed by atoms with Gasteiger partial charge < -0.3 is 9.47 Å². The number of carbonyl (C=O) groups excluding carboxylic acids is 1. The molecule has 0 radical (unpaired) electrons. The number of nitrogens with zero attached hydrogens (tertiary/aromatic N) is 2. The zero-order valence-electron chi connectivity index (χ0n) is 13.4. The lowest BCUT2D eigenvalue weighted by atomic mass is 10.2. The molecule has 1 aromatic heterocycles. The fourth-order valence-corrected chi connectivity index (χ4v) is 2.34. The van der Waals surface area contributed by atoms with Crippen LogP contribution in [-0.2, 0) is 4.74 Å². The molecular weight excluding hydrogens is 304 g/mol. The maximum atomic E-state index is 12.0. The number of benzene rings is 2. The fourth-order valence-electron chi connectivity index (χ4n) is 2.34. The van der Waals surface area contributed by atoms with Gasteiger partial charge in [-0.15, -0.1) is 5.10 Å². The predicted molar refractivity (Wildman–Crippen MR) is 93.1 cm³/mol. The van der Waals surface area contributed by atoms with Crippen LogP contribution < -0.4 is 4.74 Å². The normalized spacial score (nSPS) is 11.0. The summed E-state index contributed by atoms with van der Waals surface area (Å²) in [4.78, 5) is 12.0. The number of hydrogen-bond acceptors (Lipinski definition) is 4. The summed E-state index contributed by atoms with van der Waals surface area (Å²) in [7, 11) is 0. The first-order valence-corrected chi connectivity index (χ1v) is 7.79. The highest BCUT2D eigenvalue weighted by atomic mass is 16.6. The molecule has 0 aliphatic carbocycles. The van der Waals surface area contributed by atoms with E-state index in [1.165, 1.54) is 4.68 Å². The zero-order chi connectivity index (χ0) is 16.8. The van der Waals surface area contributed by atoms with E-state index in [-0.39, 0.29) is 0 Å². The third-order valence-corrected chi connectivity index (χ3v) is 3.42. The molecule has 0 fully saturated rings. The van der Waals surface area contributed by atoms with Gasteiger partial charge in [0.15, 0.2) is 0 Å². The average Bonchev–Trinajstić information content (AvgIpc) is 2.99. The number of rotatable bonds is 5. The molecule has 0 aliphatic heterocycles. The summed E-state index contributed by atoms with van der Waals surface area (Å²) in [6, 6.07) is 17.4. The van der Waals surface area contributed by atoms with Crippen molar-refractivity contribution in [1.29, 1.82) is 0 Å². The number of hydrogen-bond donors (Lipinski definition) is 0. The SMILES string of the molecule is CCOC(=O)n1nc(OCC=Cc2ccccc2)c2ccccc21. The zero-order valence-corrected chi connectivity index (χ0v) is 13.4. The Kier molecular flexibility index (Phi) is 4.91. The molecule has 122 valence electrons. The third-order valence-electron chi connectivity index (χ3n) is 3.42. The molecule has 0 saturated heterocycles.